The lowest BCUT2D eigenvalue weighted by atomic mass is 10.0. The van der Waals surface area contributed by atoms with E-state index in [1.54, 1.807) is 37.4 Å². The van der Waals surface area contributed by atoms with Crippen LogP contribution in [-0.2, 0) is 16.1 Å². The molecular formula is C34H38N4O7S. The minimum atomic E-state index is -1.14. The summed E-state index contributed by atoms with van der Waals surface area (Å²) in [6.45, 7) is 3.88. The van der Waals surface area contributed by atoms with Crippen LogP contribution in [0, 0.1) is 13.8 Å². The number of hydrogen-bond acceptors (Lipinski definition) is 10. The number of nitrogens with zero attached hydrogens (tertiary/aromatic N) is 3. The fourth-order valence-corrected chi connectivity index (χ4v) is 5.74. The van der Waals surface area contributed by atoms with Crippen molar-refractivity contribution in [2.24, 2.45) is 0 Å². The van der Waals surface area contributed by atoms with Gasteiger partial charge in [0, 0.05) is 24.0 Å². The van der Waals surface area contributed by atoms with Crippen molar-refractivity contribution in [3.05, 3.63) is 89.2 Å². The third-order valence-corrected chi connectivity index (χ3v) is 7.86. The van der Waals surface area contributed by atoms with Gasteiger partial charge in [0.1, 0.15) is 17.5 Å². The van der Waals surface area contributed by atoms with Crippen LogP contribution in [0.4, 0.5) is 5.69 Å². The van der Waals surface area contributed by atoms with Crippen LogP contribution < -0.4 is 29.0 Å². The molecule has 0 saturated heterocycles. The lowest BCUT2D eigenvalue weighted by molar-refractivity contribution is -0.137. The molecule has 46 heavy (non-hydrogen) atoms. The molecule has 11 nitrogen and oxygen atoms in total. The number of hydrogen-bond donors (Lipinski definition) is 1. The van der Waals surface area contributed by atoms with Gasteiger partial charge in [-0.2, -0.15) is 0 Å². The van der Waals surface area contributed by atoms with Gasteiger partial charge < -0.3 is 33.9 Å². The van der Waals surface area contributed by atoms with Gasteiger partial charge in [-0.3, -0.25) is 9.59 Å². The van der Waals surface area contributed by atoms with E-state index in [0.29, 0.717) is 45.2 Å². The lowest BCUT2D eigenvalue weighted by Crippen LogP contribution is -2.42. The first kappa shape index (κ1) is 33.9. The Morgan fingerprint density at radius 1 is 0.783 bits per heavy atom. The van der Waals surface area contributed by atoms with Gasteiger partial charge in [-0.15, -0.1) is 0 Å². The quantitative estimate of drug-likeness (QED) is 0.136. The van der Waals surface area contributed by atoms with Crippen molar-refractivity contribution in [2.45, 2.75) is 31.6 Å². The normalized spacial score (nSPS) is 11.3. The number of ether oxygens (including phenoxy) is 5. The number of aromatic nitrogens is 2. The lowest BCUT2D eigenvalue weighted by Gasteiger charge is -2.32. The Kier molecular flexibility index (Phi) is 11.7. The van der Waals surface area contributed by atoms with Crippen molar-refractivity contribution in [1.82, 2.24) is 14.9 Å². The molecule has 1 unspecified atom stereocenters. The number of nitrogens with one attached hydrogen (secondary N) is 1. The molecule has 0 saturated carbocycles. The summed E-state index contributed by atoms with van der Waals surface area (Å²) < 4.78 is 27.6. The topological polar surface area (TPSA) is 121 Å². The van der Waals surface area contributed by atoms with Crippen LogP contribution in [0.15, 0.2) is 71.9 Å². The van der Waals surface area contributed by atoms with Crippen LogP contribution in [-0.4, -0.2) is 68.0 Å². The Hall–Kier alpha value is -4.97. The third-order valence-electron chi connectivity index (χ3n) is 7.03. The SMILES string of the molecule is COc1ccc(NC(=O)C(c2cc(OC)c(OC)c(OC)c2)N(Cc2ccccc2)C(=O)CSc2nc(C)cc(C)n2)c(OC)c1. The standard InChI is InChI=1S/C34H38N4O7S/c1-21-15-22(2)36-34(35-21)46-20-30(39)38(19-23-11-9-8-10-12-23)31(24-16-28(43-5)32(45-7)29(17-24)44-6)33(40)37-26-14-13-25(41-3)18-27(26)42-4/h8-18,31H,19-20H2,1-7H3,(H,37,40). The number of aryl methyl sites for hydroxylation is 2. The summed E-state index contributed by atoms with van der Waals surface area (Å²) in [6, 6.07) is 18.6. The molecule has 0 fully saturated rings. The molecule has 1 N–H and O–H groups in total. The second-order valence-corrected chi connectivity index (χ2v) is 11.1. The molecule has 1 heterocycles. The summed E-state index contributed by atoms with van der Waals surface area (Å²) in [6.07, 6.45) is 0. The maximum Gasteiger partial charge on any atom is 0.251 e. The number of anilines is 1. The first-order valence-corrected chi connectivity index (χ1v) is 15.3. The van der Waals surface area contributed by atoms with Crippen molar-refractivity contribution < 1.29 is 33.3 Å². The average molecular weight is 647 g/mol. The van der Waals surface area contributed by atoms with Crippen LogP contribution >= 0.6 is 11.8 Å². The Morgan fingerprint density at radius 2 is 1.41 bits per heavy atom. The minimum absolute atomic E-state index is 0.0181. The number of rotatable bonds is 14. The zero-order valence-electron chi connectivity index (χ0n) is 27.0. The summed E-state index contributed by atoms with van der Waals surface area (Å²) >= 11 is 1.21. The van der Waals surface area contributed by atoms with E-state index in [-0.39, 0.29) is 18.2 Å². The molecule has 242 valence electrons. The maximum atomic E-state index is 14.5. The summed E-state index contributed by atoms with van der Waals surface area (Å²) in [5.74, 6) is 1.15. The smallest absolute Gasteiger partial charge is 0.251 e. The van der Waals surface area contributed by atoms with Crippen molar-refractivity contribution in [3.8, 4) is 28.7 Å². The van der Waals surface area contributed by atoms with Crippen molar-refractivity contribution in [1.29, 1.82) is 0 Å². The minimum Gasteiger partial charge on any atom is -0.497 e. The molecule has 0 aliphatic heterocycles. The van der Waals surface area contributed by atoms with E-state index in [0.717, 1.165) is 17.0 Å². The molecular weight excluding hydrogens is 608 g/mol. The molecule has 12 heteroatoms. The highest BCUT2D eigenvalue weighted by Crippen LogP contribution is 2.42. The van der Waals surface area contributed by atoms with Crippen molar-refractivity contribution in [3.63, 3.8) is 0 Å². The first-order valence-electron chi connectivity index (χ1n) is 14.3. The van der Waals surface area contributed by atoms with Gasteiger partial charge in [0.2, 0.25) is 11.7 Å². The Bertz CT molecular complexity index is 1620. The fourth-order valence-electron chi connectivity index (χ4n) is 4.91. The average Bonchev–Trinajstić information content (AvgIpc) is 3.06. The predicted molar refractivity (Wildman–Crippen MR) is 176 cm³/mol. The monoisotopic (exact) mass is 646 g/mol. The second-order valence-electron chi connectivity index (χ2n) is 10.1. The van der Waals surface area contributed by atoms with Crippen LogP contribution in [0.3, 0.4) is 0 Å². The molecule has 0 spiro atoms. The summed E-state index contributed by atoms with van der Waals surface area (Å²) in [7, 11) is 7.52. The molecule has 0 radical (unpaired) electrons. The predicted octanol–water partition coefficient (Wildman–Crippen LogP) is 5.64. The van der Waals surface area contributed by atoms with Gasteiger partial charge in [-0.1, -0.05) is 42.1 Å². The van der Waals surface area contributed by atoms with E-state index in [1.807, 2.05) is 50.2 Å². The zero-order chi connectivity index (χ0) is 33.2. The largest absolute Gasteiger partial charge is 0.497 e. The zero-order valence-corrected chi connectivity index (χ0v) is 27.8. The van der Waals surface area contributed by atoms with Gasteiger partial charge in [0.05, 0.1) is 47.0 Å². The van der Waals surface area contributed by atoms with E-state index in [4.69, 9.17) is 23.7 Å². The highest BCUT2D eigenvalue weighted by atomic mass is 32.2. The van der Waals surface area contributed by atoms with Crippen LogP contribution in [0.25, 0.3) is 0 Å². The maximum absolute atomic E-state index is 14.5. The molecule has 0 aliphatic carbocycles. The molecule has 4 aromatic rings. The third kappa shape index (κ3) is 8.19. The fraction of sp³-hybridized carbons (Fsp3) is 0.294. The van der Waals surface area contributed by atoms with E-state index < -0.39 is 11.9 Å². The molecule has 1 atom stereocenters. The van der Waals surface area contributed by atoms with E-state index in [9.17, 15) is 9.59 Å². The molecule has 0 bridgehead atoms. The number of carbonyl (C=O) groups is 2. The van der Waals surface area contributed by atoms with E-state index in [2.05, 4.69) is 15.3 Å². The highest BCUT2D eigenvalue weighted by molar-refractivity contribution is 7.99. The second kappa shape index (κ2) is 15.8. The van der Waals surface area contributed by atoms with Crippen LogP contribution in [0.2, 0.25) is 0 Å². The number of thioether (sulfide) groups is 1. The van der Waals surface area contributed by atoms with Gasteiger partial charge in [0.25, 0.3) is 5.91 Å². The van der Waals surface area contributed by atoms with Crippen LogP contribution in [0.1, 0.15) is 28.6 Å². The summed E-state index contributed by atoms with van der Waals surface area (Å²) in [5.41, 5.74) is 3.27. The summed E-state index contributed by atoms with van der Waals surface area (Å²) in [5, 5.41) is 3.44. The highest BCUT2D eigenvalue weighted by Gasteiger charge is 2.34. The number of benzene rings is 3. The van der Waals surface area contributed by atoms with E-state index in [1.165, 1.54) is 45.1 Å². The Labute approximate surface area is 273 Å². The molecule has 3 aromatic carbocycles. The Balaban J connectivity index is 1.83. The first-order chi connectivity index (χ1) is 22.2. The van der Waals surface area contributed by atoms with E-state index >= 15 is 0 Å². The van der Waals surface area contributed by atoms with Gasteiger partial charge >= 0.3 is 0 Å². The summed E-state index contributed by atoms with van der Waals surface area (Å²) in [4.78, 5) is 39.2. The van der Waals surface area contributed by atoms with Crippen LogP contribution in [0.5, 0.6) is 28.7 Å². The number of carbonyl (C=O) groups excluding carboxylic acids is 2. The van der Waals surface area contributed by atoms with Gasteiger partial charge in [-0.25, -0.2) is 9.97 Å². The molecule has 0 aliphatic rings. The molecule has 1 aromatic heterocycles. The molecule has 4 rings (SSSR count). The van der Waals surface area contributed by atoms with Crippen molar-refractivity contribution in [2.75, 3.05) is 46.6 Å². The number of methoxy groups -OCH3 is 5. The molecule has 2 amide bonds. The van der Waals surface area contributed by atoms with Gasteiger partial charge in [-0.05, 0) is 55.3 Å². The Morgan fingerprint density at radius 3 is 1.98 bits per heavy atom. The number of amides is 2. The van der Waals surface area contributed by atoms with Crippen molar-refractivity contribution >= 4 is 29.3 Å². The van der Waals surface area contributed by atoms with Gasteiger partial charge in [0.15, 0.2) is 16.7 Å².